The number of carbonyl (C=O) groups is 2. The van der Waals surface area contributed by atoms with E-state index in [2.05, 4.69) is 10.3 Å². The van der Waals surface area contributed by atoms with Crippen LogP contribution in [0.2, 0.25) is 0 Å². The summed E-state index contributed by atoms with van der Waals surface area (Å²) in [4.78, 5) is 32.3. The van der Waals surface area contributed by atoms with Gasteiger partial charge in [-0.3, -0.25) is 4.79 Å². The molecule has 3 amide bonds. The smallest absolute Gasteiger partial charge is 0.321 e. The number of hydrogen-bond donors (Lipinski definition) is 1. The Morgan fingerprint density at radius 1 is 1.09 bits per heavy atom. The van der Waals surface area contributed by atoms with Crippen LogP contribution in [0.5, 0.6) is 0 Å². The molecule has 1 aliphatic heterocycles. The lowest BCUT2D eigenvalue weighted by Crippen LogP contribution is -2.51. The zero-order valence-electron chi connectivity index (χ0n) is 12.9. The molecule has 120 valence electrons. The summed E-state index contributed by atoms with van der Waals surface area (Å²) in [6.45, 7) is 3.98. The molecule has 0 saturated carbocycles. The van der Waals surface area contributed by atoms with Gasteiger partial charge in [0.1, 0.15) is 5.69 Å². The quantitative estimate of drug-likeness (QED) is 0.920. The second-order valence-corrected chi connectivity index (χ2v) is 6.39. The molecule has 3 rings (SSSR count). The van der Waals surface area contributed by atoms with Crippen LogP contribution in [0.1, 0.15) is 15.5 Å². The minimum atomic E-state index is -0.132. The maximum absolute atomic E-state index is 12.3. The molecule has 0 bridgehead atoms. The number of aromatic nitrogens is 1. The van der Waals surface area contributed by atoms with Gasteiger partial charge in [-0.25, -0.2) is 9.78 Å². The van der Waals surface area contributed by atoms with Crippen LogP contribution < -0.4 is 5.32 Å². The van der Waals surface area contributed by atoms with Gasteiger partial charge in [-0.05, 0) is 19.1 Å². The number of anilines is 1. The molecule has 0 unspecified atom stereocenters. The van der Waals surface area contributed by atoms with Gasteiger partial charge < -0.3 is 15.1 Å². The standard InChI is InChI=1S/C16H18N4O2S/c1-12-17-14(11-23-12)15(21)19-7-9-20(10-8-19)16(22)18-13-5-3-2-4-6-13/h2-6,11H,7-10H2,1H3,(H,18,22). The summed E-state index contributed by atoms with van der Waals surface area (Å²) in [5.41, 5.74) is 1.27. The second-order valence-electron chi connectivity index (χ2n) is 5.33. The van der Waals surface area contributed by atoms with E-state index in [1.54, 1.807) is 15.2 Å². The third-order valence-electron chi connectivity index (χ3n) is 3.72. The number of thiazole rings is 1. The lowest BCUT2D eigenvalue weighted by molar-refractivity contribution is 0.0666. The average molecular weight is 330 g/mol. The average Bonchev–Trinajstić information content (AvgIpc) is 3.02. The zero-order chi connectivity index (χ0) is 16.2. The number of amides is 3. The van der Waals surface area contributed by atoms with Gasteiger partial charge >= 0.3 is 6.03 Å². The number of nitrogens with one attached hydrogen (secondary N) is 1. The van der Waals surface area contributed by atoms with E-state index in [9.17, 15) is 9.59 Å². The van der Waals surface area contributed by atoms with Crippen molar-refractivity contribution in [3.8, 4) is 0 Å². The Kier molecular flexibility index (Phi) is 4.57. The SMILES string of the molecule is Cc1nc(C(=O)N2CCN(C(=O)Nc3ccccc3)CC2)cs1. The van der Waals surface area contributed by atoms with Crippen LogP contribution in [0, 0.1) is 6.92 Å². The first-order chi connectivity index (χ1) is 11.1. The number of para-hydroxylation sites is 1. The molecule has 6 nitrogen and oxygen atoms in total. The fraction of sp³-hybridized carbons (Fsp3) is 0.312. The maximum Gasteiger partial charge on any atom is 0.321 e. The Hall–Kier alpha value is -2.41. The van der Waals surface area contributed by atoms with Crippen molar-refractivity contribution >= 4 is 29.0 Å². The molecular formula is C16H18N4O2S. The lowest BCUT2D eigenvalue weighted by Gasteiger charge is -2.34. The number of rotatable bonds is 2. The Morgan fingerprint density at radius 3 is 2.35 bits per heavy atom. The van der Waals surface area contributed by atoms with E-state index in [-0.39, 0.29) is 11.9 Å². The van der Waals surface area contributed by atoms with Crippen molar-refractivity contribution in [2.45, 2.75) is 6.92 Å². The van der Waals surface area contributed by atoms with Crippen molar-refractivity contribution < 1.29 is 9.59 Å². The number of benzene rings is 1. The first-order valence-electron chi connectivity index (χ1n) is 7.46. The van der Waals surface area contributed by atoms with Gasteiger partial charge in [0, 0.05) is 37.2 Å². The fourth-order valence-electron chi connectivity index (χ4n) is 2.46. The molecule has 1 N–H and O–H groups in total. The molecule has 1 aliphatic rings. The maximum atomic E-state index is 12.3. The minimum absolute atomic E-state index is 0.0579. The Balaban J connectivity index is 1.54. The second kappa shape index (κ2) is 6.78. The van der Waals surface area contributed by atoms with E-state index in [1.807, 2.05) is 37.3 Å². The van der Waals surface area contributed by atoms with Crippen LogP contribution in [0.25, 0.3) is 0 Å². The van der Waals surface area contributed by atoms with E-state index in [0.29, 0.717) is 31.9 Å². The third-order valence-corrected chi connectivity index (χ3v) is 4.49. The topological polar surface area (TPSA) is 65.5 Å². The van der Waals surface area contributed by atoms with Crippen molar-refractivity contribution in [2.75, 3.05) is 31.5 Å². The van der Waals surface area contributed by atoms with Crippen LogP contribution in [0.4, 0.5) is 10.5 Å². The summed E-state index contributed by atoms with van der Waals surface area (Å²) in [5.74, 6) is -0.0579. The fourth-order valence-corrected chi connectivity index (χ4v) is 3.05. The molecule has 23 heavy (non-hydrogen) atoms. The normalized spacial score (nSPS) is 14.7. The largest absolute Gasteiger partial charge is 0.334 e. The Morgan fingerprint density at radius 2 is 1.74 bits per heavy atom. The molecule has 7 heteroatoms. The summed E-state index contributed by atoms with van der Waals surface area (Å²) in [7, 11) is 0. The van der Waals surface area contributed by atoms with Crippen molar-refractivity contribution in [2.24, 2.45) is 0 Å². The molecule has 1 aromatic heterocycles. The highest BCUT2D eigenvalue weighted by Gasteiger charge is 2.25. The van der Waals surface area contributed by atoms with Crippen LogP contribution in [-0.2, 0) is 0 Å². The van der Waals surface area contributed by atoms with Gasteiger partial charge in [0.15, 0.2) is 0 Å². The van der Waals surface area contributed by atoms with Crippen molar-refractivity contribution in [3.05, 3.63) is 46.4 Å². The van der Waals surface area contributed by atoms with E-state index >= 15 is 0 Å². The Bertz CT molecular complexity index is 693. The molecule has 2 aromatic rings. The van der Waals surface area contributed by atoms with Crippen molar-refractivity contribution in [1.82, 2.24) is 14.8 Å². The van der Waals surface area contributed by atoms with E-state index in [1.165, 1.54) is 11.3 Å². The first kappa shape index (κ1) is 15.5. The summed E-state index contributed by atoms with van der Waals surface area (Å²) in [6, 6.07) is 9.22. The number of carbonyl (C=O) groups excluding carboxylic acids is 2. The van der Waals surface area contributed by atoms with E-state index in [0.717, 1.165) is 10.7 Å². The van der Waals surface area contributed by atoms with Crippen LogP contribution in [0.3, 0.4) is 0 Å². The molecule has 1 saturated heterocycles. The number of aryl methyl sites for hydroxylation is 1. The van der Waals surface area contributed by atoms with Crippen LogP contribution in [-0.4, -0.2) is 52.9 Å². The van der Waals surface area contributed by atoms with Gasteiger partial charge in [-0.1, -0.05) is 18.2 Å². The number of hydrogen-bond acceptors (Lipinski definition) is 4. The van der Waals surface area contributed by atoms with Crippen molar-refractivity contribution in [1.29, 1.82) is 0 Å². The van der Waals surface area contributed by atoms with Crippen LogP contribution >= 0.6 is 11.3 Å². The molecule has 0 atom stereocenters. The third kappa shape index (κ3) is 3.68. The summed E-state index contributed by atoms with van der Waals surface area (Å²) >= 11 is 1.47. The van der Waals surface area contributed by atoms with Crippen molar-refractivity contribution in [3.63, 3.8) is 0 Å². The van der Waals surface area contributed by atoms with Crippen LogP contribution in [0.15, 0.2) is 35.7 Å². The molecule has 1 aromatic carbocycles. The minimum Gasteiger partial charge on any atom is -0.334 e. The predicted molar refractivity (Wildman–Crippen MR) is 89.8 cm³/mol. The highest BCUT2D eigenvalue weighted by molar-refractivity contribution is 7.09. The highest BCUT2D eigenvalue weighted by atomic mass is 32.1. The Labute approximate surface area is 138 Å². The first-order valence-corrected chi connectivity index (χ1v) is 8.34. The summed E-state index contributed by atoms with van der Waals surface area (Å²) in [5, 5.41) is 5.53. The molecular weight excluding hydrogens is 312 g/mol. The van der Waals surface area contributed by atoms with Gasteiger partial charge in [-0.2, -0.15) is 0 Å². The number of piperazine rings is 1. The van der Waals surface area contributed by atoms with Gasteiger partial charge in [0.25, 0.3) is 5.91 Å². The molecule has 1 fully saturated rings. The summed E-state index contributed by atoms with van der Waals surface area (Å²) in [6.07, 6.45) is 0. The van der Waals surface area contributed by atoms with Gasteiger partial charge in [0.05, 0.1) is 5.01 Å². The molecule has 0 radical (unpaired) electrons. The van der Waals surface area contributed by atoms with Gasteiger partial charge in [-0.15, -0.1) is 11.3 Å². The number of nitrogens with zero attached hydrogens (tertiary/aromatic N) is 3. The monoisotopic (exact) mass is 330 g/mol. The zero-order valence-corrected chi connectivity index (χ0v) is 13.7. The highest BCUT2D eigenvalue weighted by Crippen LogP contribution is 2.13. The van der Waals surface area contributed by atoms with Gasteiger partial charge in [0.2, 0.25) is 0 Å². The summed E-state index contributed by atoms with van der Waals surface area (Å²) < 4.78 is 0. The lowest BCUT2D eigenvalue weighted by atomic mass is 10.3. The number of urea groups is 1. The molecule has 0 spiro atoms. The van der Waals surface area contributed by atoms with E-state index < -0.39 is 0 Å². The molecule has 2 heterocycles. The predicted octanol–water partition coefficient (Wildman–Crippen LogP) is 2.44. The molecule has 0 aliphatic carbocycles. The van der Waals surface area contributed by atoms with E-state index in [4.69, 9.17) is 0 Å².